The molecule has 0 bridgehead atoms. The lowest BCUT2D eigenvalue weighted by Gasteiger charge is -2.24. The lowest BCUT2D eigenvalue weighted by Crippen LogP contribution is -2.25. The lowest BCUT2D eigenvalue weighted by atomic mass is 10.1. The maximum atomic E-state index is 12.8. The third-order valence-electron chi connectivity index (χ3n) is 7.35. The number of hydrogen-bond donors (Lipinski definition) is 1. The summed E-state index contributed by atoms with van der Waals surface area (Å²) in [5.41, 5.74) is 3.43. The molecule has 0 aliphatic carbocycles. The van der Waals surface area contributed by atoms with Gasteiger partial charge in [-0.1, -0.05) is 114 Å². The van der Waals surface area contributed by atoms with Gasteiger partial charge in [-0.3, -0.25) is 0 Å². The molecule has 0 saturated carbocycles. The summed E-state index contributed by atoms with van der Waals surface area (Å²) < 4.78 is 25.5. The second kappa shape index (κ2) is 19.9. The molecule has 0 aliphatic rings. The Morgan fingerprint density at radius 2 is 1.05 bits per heavy atom. The smallest absolute Gasteiger partial charge is 0.178 e. The van der Waals surface area contributed by atoms with Crippen molar-refractivity contribution in [1.29, 1.82) is 0 Å². The van der Waals surface area contributed by atoms with Crippen LogP contribution in [0.3, 0.4) is 0 Å². The third-order valence-corrected chi connectivity index (χ3v) is 9.17. The molecule has 5 heteroatoms. The highest BCUT2D eigenvalue weighted by Crippen LogP contribution is 2.20. The summed E-state index contributed by atoms with van der Waals surface area (Å²) in [6, 6.07) is 16.0. The van der Waals surface area contributed by atoms with Crippen molar-refractivity contribution in [1.82, 2.24) is 0 Å². The maximum absolute atomic E-state index is 12.8. The molecule has 2 aromatic rings. The number of aliphatic hydroxyl groups is 1. The molecule has 0 unspecified atom stereocenters. The van der Waals surface area contributed by atoms with E-state index in [-0.39, 0.29) is 5.75 Å². The van der Waals surface area contributed by atoms with Crippen molar-refractivity contribution < 1.29 is 13.5 Å². The average molecular weight is 556 g/mol. The summed E-state index contributed by atoms with van der Waals surface area (Å²) >= 11 is 0. The predicted octanol–water partition coefficient (Wildman–Crippen LogP) is 8.93. The summed E-state index contributed by atoms with van der Waals surface area (Å²) in [6.45, 7) is 6.99. The van der Waals surface area contributed by atoms with Gasteiger partial charge in [0.15, 0.2) is 9.84 Å². The van der Waals surface area contributed by atoms with E-state index >= 15 is 0 Å². The summed E-state index contributed by atoms with van der Waals surface area (Å²) in [5.74, 6) is 0.225. The highest BCUT2D eigenvalue weighted by Gasteiger charge is 2.13. The van der Waals surface area contributed by atoms with Gasteiger partial charge in [0.25, 0.3) is 0 Å². The van der Waals surface area contributed by atoms with E-state index in [0.29, 0.717) is 11.5 Å². The van der Waals surface area contributed by atoms with Crippen LogP contribution < -0.4 is 4.90 Å². The van der Waals surface area contributed by atoms with E-state index in [0.717, 1.165) is 56.3 Å². The zero-order chi connectivity index (χ0) is 28.2. The fourth-order valence-corrected chi connectivity index (χ4v) is 6.15. The summed E-state index contributed by atoms with van der Waals surface area (Å²) in [5, 5.41) is 8.80. The SMILES string of the molecule is CCCCN(CCCC)c1ccc(C=Cc2ccc(S(=O)(=O)CCCCCCCCCCCCO)cc2)cc1. The fourth-order valence-electron chi connectivity index (χ4n) is 4.78. The average Bonchev–Trinajstić information content (AvgIpc) is 2.95. The molecule has 0 amide bonds. The number of hydrogen-bond acceptors (Lipinski definition) is 4. The van der Waals surface area contributed by atoms with Gasteiger partial charge in [0.2, 0.25) is 0 Å². The number of nitrogens with zero attached hydrogens (tertiary/aromatic N) is 1. The van der Waals surface area contributed by atoms with Crippen LogP contribution in [0, 0.1) is 0 Å². The Morgan fingerprint density at radius 3 is 1.51 bits per heavy atom. The normalized spacial score (nSPS) is 11.9. The van der Waals surface area contributed by atoms with Crippen LogP contribution >= 0.6 is 0 Å². The molecule has 2 aromatic carbocycles. The molecule has 1 N–H and O–H groups in total. The maximum Gasteiger partial charge on any atom is 0.178 e. The van der Waals surface area contributed by atoms with Crippen LogP contribution in [0.2, 0.25) is 0 Å². The Labute approximate surface area is 239 Å². The zero-order valence-electron chi connectivity index (χ0n) is 24.6. The van der Waals surface area contributed by atoms with Crippen molar-refractivity contribution in [2.45, 2.75) is 109 Å². The topological polar surface area (TPSA) is 57.6 Å². The second-order valence-electron chi connectivity index (χ2n) is 10.8. The summed E-state index contributed by atoms with van der Waals surface area (Å²) in [7, 11) is -3.23. The zero-order valence-corrected chi connectivity index (χ0v) is 25.4. The molecule has 0 spiro atoms. The first-order valence-corrected chi connectivity index (χ1v) is 17.1. The standard InChI is InChI=1S/C34H53NO3S/c1-3-5-27-35(28-6-4-2)33-23-19-31(20-24-33)17-18-32-21-25-34(26-22-32)39(37,38)30-16-14-12-10-8-7-9-11-13-15-29-36/h17-26,36H,3-16,27-30H2,1-2H3. The molecule has 0 fully saturated rings. The molecule has 0 aliphatic heterocycles. The van der Waals surface area contributed by atoms with Crippen molar-refractivity contribution in [3.05, 3.63) is 59.7 Å². The van der Waals surface area contributed by atoms with Gasteiger partial charge in [0.1, 0.15) is 0 Å². The minimum Gasteiger partial charge on any atom is -0.396 e. The first-order chi connectivity index (χ1) is 19.0. The first-order valence-electron chi connectivity index (χ1n) is 15.5. The molecule has 4 nitrogen and oxygen atoms in total. The molecule has 2 rings (SSSR count). The molecule has 0 atom stereocenters. The van der Waals surface area contributed by atoms with Gasteiger partial charge in [0, 0.05) is 25.4 Å². The second-order valence-corrected chi connectivity index (χ2v) is 12.9. The van der Waals surface area contributed by atoms with E-state index in [1.807, 2.05) is 18.2 Å². The molecule has 39 heavy (non-hydrogen) atoms. The van der Waals surface area contributed by atoms with Crippen molar-refractivity contribution in [3.63, 3.8) is 0 Å². The van der Waals surface area contributed by atoms with Crippen LogP contribution in [-0.4, -0.2) is 39.0 Å². The van der Waals surface area contributed by atoms with E-state index in [1.165, 1.54) is 63.5 Å². The van der Waals surface area contributed by atoms with Crippen molar-refractivity contribution >= 4 is 27.7 Å². The third kappa shape index (κ3) is 13.7. The Hall–Kier alpha value is -2.11. The molecule has 218 valence electrons. The molecular weight excluding hydrogens is 502 g/mol. The van der Waals surface area contributed by atoms with Gasteiger partial charge in [-0.05, 0) is 61.1 Å². The molecule has 0 aromatic heterocycles. The minimum atomic E-state index is -3.23. The summed E-state index contributed by atoms with van der Waals surface area (Å²) in [6.07, 6.45) is 19.9. The highest BCUT2D eigenvalue weighted by molar-refractivity contribution is 7.91. The van der Waals surface area contributed by atoms with Crippen LogP contribution in [0.1, 0.15) is 115 Å². The predicted molar refractivity (Wildman–Crippen MR) is 169 cm³/mol. The number of rotatable bonds is 22. The number of unbranched alkanes of at least 4 members (excludes halogenated alkanes) is 11. The van der Waals surface area contributed by atoms with Crippen LogP contribution in [0.25, 0.3) is 12.2 Å². The van der Waals surface area contributed by atoms with E-state index < -0.39 is 9.84 Å². The molecular formula is C34H53NO3S. The van der Waals surface area contributed by atoms with Crippen LogP contribution in [0.5, 0.6) is 0 Å². The fraction of sp³-hybridized carbons (Fsp3) is 0.588. The summed E-state index contributed by atoms with van der Waals surface area (Å²) in [4.78, 5) is 2.91. The van der Waals surface area contributed by atoms with Gasteiger partial charge in [-0.15, -0.1) is 0 Å². The Bertz CT molecular complexity index is 1010. The minimum absolute atomic E-state index is 0.225. The Kier molecular flexibility index (Phi) is 16.9. The first kappa shape index (κ1) is 33.1. The van der Waals surface area contributed by atoms with Crippen molar-refractivity contribution in [3.8, 4) is 0 Å². The van der Waals surface area contributed by atoms with Gasteiger partial charge in [-0.25, -0.2) is 8.42 Å². The van der Waals surface area contributed by atoms with Gasteiger partial charge in [-0.2, -0.15) is 0 Å². The number of benzene rings is 2. The van der Waals surface area contributed by atoms with Gasteiger partial charge < -0.3 is 10.0 Å². The van der Waals surface area contributed by atoms with E-state index in [2.05, 4.69) is 49.1 Å². The van der Waals surface area contributed by atoms with Crippen molar-refractivity contribution in [2.24, 2.45) is 0 Å². The monoisotopic (exact) mass is 555 g/mol. The molecule has 0 heterocycles. The number of anilines is 1. The molecule has 0 radical (unpaired) electrons. The largest absolute Gasteiger partial charge is 0.396 e. The van der Waals surface area contributed by atoms with Crippen LogP contribution in [0.15, 0.2) is 53.4 Å². The van der Waals surface area contributed by atoms with Crippen molar-refractivity contribution in [2.75, 3.05) is 30.3 Å². The van der Waals surface area contributed by atoms with Gasteiger partial charge >= 0.3 is 0 Å². The van der Waals surface area contributed by atoms with Crippen LogP contribution in [-0.2, 0) is 9.84 Å². The number of sulfone groups is 1. The van der Waals surface area contributed by atoms with E-state index in [9.17, 15) is 8.42 Å². The van der Waals surface area contributed by atoms with E-state index in [1.54, 1.807) is 12.1 Å². The van der Waals surface area contributed by atoms with E-state index in [4.69, 9.17) is 5.11 Å². The Morgan fingerprint density at radius 1 is 0.615 bits per heavy atom. The molecule has 0 saturated heterocycles. The lowest BCUT2D eigenvalue weighted by molar-refractivity contribution is 0.282. The van der Waals surface area contributed by atoms with Crippen LogP contribution in [0.4, 0.5) is 5.69 Å². The number of aliphatic hydroxyl groups excluding tert-OH is 1. The quantitative estimate of drug-likeness (QED) is 0.116. The highest BCUT2D eigenvalue weighted by atomic mass is 32.2. The Balaban J connectivity index is 1.76. The van der Waals surface area contributed by atoms with Gasteiger partial charge in [0.05, 0.1) is 10.6 Å².